The van der Waals surface area contributed by atoms with Crippen LogP contribution in [0.3, 0.4) is 0 Å². The van der Waals surface area contributed by atoms with Crippen molar-refractivity contribution in [2.45, 2.75) is 51.4 Å². The first-order chi connectivity index (χ1) is 6.97. The molecule has 0 aromatic heterocycles. The van der Waals surface area contributed by atoms with Gasteiger partial charge in [-0.05, 0) is 0 Å². The van der Waals surface area contributed by atoms with Crippen molar-refractivity contribution in [1.82, 2.24) is 0 Å². The molecule has 0 aliphatic heterocycles. The average Bonchev–Trinajstić information content (AvgIpc) is 1.98. The minimum Gasteiger partial charge on any atom is -0.462 e. The molecule has 0 aromatic carbocycles. The molecule has 86 valence electrons. The Morgan fingerprint density at radius 1 is 1.00 bits per heavy atom. The molecule has 0 aromatic rings. The maximum Gasteiger partial charge on any atom is 0.302 e. The van der Waals surface area contributed by atoms with Crippen molar-refractivity contribution < 1.29 is 24.2 Å². The molecule has 0 bridgehead atoms. The van der Waals surface area contributed by atoms with Gasteiger partial charge in [-0.25, -0.2) is 0 Å². The summed E-state index contributed by atoms with van der Waals surface area (Å²) in [5.41, 5.74) is 0. The van der Waals surface area contributed by atoms with Gasteiger partial charge >= 0.3 is 11.9 Å². The molecule has 15 heavy (non-hydrogen) atoms. The van der Waals surface area contributed by atoms with Crippen molar-refractivity contribution in [1.29, 1.82) is 0 Å². The van der Waals surface area contributed by atoms with E-state index >= 15 is 0 Å². The van der Waals surface area contributed by atoms with E-state index in [0.29, 0.717) is 19.3 Å². The monoisotopic (exact) mass is 216 g/mol. The Kier molecular flexibility index (Phi) is 4.08. The quantitative estimate of drug-likeness (QED) is 0.676. The molecule has 0 radical (unpaired) electrons. The van der Waals surface area contributed by atoms with Gasteiger partial charge in [0.25, 0.3) is 0 Å². The normalized spacial score (nSPS) is 30.7. The molecule has 1 fully saturated rings. The third-order valence-corrected chi connectivity index (χ3v) is 2.26. The van der Waals surface area contributed by atoms with E-state index in [-0.39, 0.29) is 24.1 Å². The zero-order valence-electron chi connectivity index (χ0n) is 8.93. The second kappa shape index (κ2) is 5.11. The van der Waals surface area contributed by atoms with Crippen LogP contribution >= 0.6 is 0 Å². The molecule has 1 saturated carbocycles. The average molecular weight is 216 g/mol. The SMILES string of the molecule is CC(=O)O[C@@H]1CC(O)C[C@@H](OC(C)=O)C1. The van der Waals surface area contributed by atoms with Crippen molar-refractivity contribution in [3.63, 3.8) is 0 Å². The maximum absolute atomic E-state index is 10.7. The minimum atomic E-state index is -0.576. The number of hydrogen-bond donors (Lipinski definition) is 1. The van der Waals surface area contributed by atoms with Crippen molar-refractivity contribution >= 4 is 11.9 Å². The highest BCUT2D eigenvalue weighted by atomic mass is 16.6. The lowest BCUT2D eigenvalue weighted by Gasteiger charge is -2.31. The fraction of sp³-hybridized carbons (Fsp3) is 0.800. The van der Waals surface area contributed by atoms with E-state index in [1.54, 1.807) is 0 Å². The molecule has 1 aliphatic rings. The summed E-state index contributed by atoms with van der Waals surface area (Å²) in [5.74, 6) is -0.758. The van der Waals surface area contributed by atoms with E-state index in [4.69, 9.17) is 9.47 Å². The summed E-state index contributed by atoms with van der Waals surface area (Å²) in [6.07, 6.45) is 0.0175. The number of rotatable bonds is 2. The van der Waals surface area contributed by atoms with Crippen LogP contribution in [-0.2, 0) is 19.1 Å². The molecule has 1 rings (SSSR count). The number of hydrogen-bond acceptors (Lipinski definition) is 5. The molecule has 1 aliphatic carbocycles. The Balaban J connectivity index is 2.47. The van der Waals surface area contributed by atoms with E-state index in [1.165, 1.54) is 13.8 Å². The lowest BCUT2D eigenvalue weighted by atomic mass is 9.92. The van der Waals surface area contributed by atoms with Crippen molar-refractivity contribution in [2.24, 2.45) is 0 Å². The summed E-state index contributed by atoms with van der Waals surface area (Å²) in [4.78, 5) is 21.5. The topological polar surface area (TPSA) is 72.8 Å². The highest BCUT2D eigenvalue weighted by molar-refractivity contribution is 5.66. The van der Waals surface area contributed by atoms with Gasteiger partial charge in [0, 0.05) is 33.1 Å². The van der Waals surface area contributed by atoms with E-state index in [1.807, 2.05) is 0 Å². The first-order valence-electron chi connectivity index (χ1n) is 5.00. The molecule has 0 unspecified atom stereocenters. The van der Waals surface area contributed by atoms with Crippen LogP contribution in [0.2, 0.25) is 0 Å². The van der Waals surface area contributed by atoms with Crippen LogP contribution in [0.1, 0.15) is 33.1 Å². The summed E-state index contributed by atoms with van der Waals surface area (Å²) in [6.45, 7) is 2.64. The van der Waals surface area contributed by atoms with E-state index in [9.17, 15) is 14.7 Å². The first-order valence-corrected chi connectivity index (χ1v) is 5.00. The van der Waals surface area contributed by atoms with Gasteiger partial charge in [0.1, 0.15) is 12.2 Å². The van der Waals surface area contributed by atoms with E-state index < -0.39 is 6.10 Å². The van der Waals surface area contributed by atoms with E-state index in [0.717, 1.165) is 0 Å². The van der Waals surface area contributed by atoms with Crippen LogP contribution < -0.4 is 0 Å². The predicted molar refractivity (Wildman–Crippen MR) is 51.0 cm³/mol. The molecule has 0 amide bonds. The van der Waals surface area contributed by atoms with Gasteiger partial charge in [0.15, 0.2) is 0 Å². The summed E-state index contributed by atoms with van der Waals surface area (Å²) in [7, 11) is 0. The van der Waals surface area contributed by atoms with Gasteiger partial charge in [-0.3, -0.25) is 9.59 Å². The van der Waals surface area contributed by atoms with Crippen molar-refractivity contribution in [3.05, 3.63) is 0 Å². The number of carbonyl (C=O) groups excluding carboxylic acids is 2. The van der Waals surface area contributed by atoms with Gasteiger partial charge in [0.2, 0.25) is 0 Å². The Morgan fingerprint density at radius 3 is 1.73 bits per heavy atom. The molecular weight excluding hydrogens is 200 g/mol. The second-order valence-electron chi connectivity index (χ2n) is 3.82. The number of carbonyl (C=O) groups is 2. The van der Waals surface area contributed by atoms with Crippen LogP contribution in [0, 0.1) is 0 Å². The lowest BCUT2D eigenvalue weighted by Crippen LogP contribution is -2.37. The smallest absolute Gasteiger partial charge is 0.302 e. The van der Waals surface area contributed by atoms with Crippen molar-refractivity contribution in [2.75, 3.05) is 0 Å². The van der Waals surface area contributed by atoms with E-state index in [2.05, 4.69) is 0 Å². The fourth-order valence-electron chi connectivity index (χ4n) is 1.85. The molecule has 0 saturated heterocycles. The number of aliphatic hydroxyl groups excluding tert-OH is 1. The van der Waals surface area contributed by atoms with Crippen LogP contribution in [0.25, 0.3) is 0 Å². The standard InChI is InChI=1S/C10H16O5/c1-6(11)14-9-3-8(13)4-10(5-9)15-7(2)12/h8-10,13H,3-5H2,1-2H3/t9-,10-/m1/s1. The van der Waals surface area contributed by atoms with Gasteiger partial charge in [-0.15, -0.1) is 0 Å². The van der Waals surface area contributed by atoms with Gasteiger partial charge < -0.3 is 14.6 Å². The zero-order valence-corrected chi connectivity index (χ0v) is 8.93. The summed E-state index contributed by atoms with van der Waals surface area (Å²) in [5, 5.41) is 9.49. The van der Waals surface area contributed by atoms with Crippen LogP contribution in [0.5, 0.6) is 0 Å². The summed E-state index contributed by atoms with van der Waals surface area (Å²) in [6, 6.07) is 0. The van der Waals surface area contributed by atoms with Crippen LogP contribution in [-0.4, -0.2) is 35.4 Å². The molecule has 1 N–H and O–H groups in total. The largest absolute Gasteiger partial charge is 0.462 e. The van der Waals surface area contributed by atoms with Gasteiger partial charge in [-0.1, -0.05) is 0 Å². The maximum atomic E-state index is 10.7. The number of aliphatic hydroxyl groups is 1. The predicted octanol–water partition coefficient (Wildman–Crippen LogP) is 0.395. The molecule has 0 heterocycles. The molecule has 5 nitrogen and oxygen atoms in total. The summed E-state index contributed by atoms with van der Waals surface area (Å²) < 4.78 is 9.97. The Bertz CT molecular complexity index is 226. The molecule has 0 spiro atoms. The van der Waals surface area contributed by atoms with Crippen molar-refractivity contribution in [3.8, 4) is 0 Å². The molecule has 2 atom stereocenters. The summed E-state index contributed by atoms with van der Waals surface area (Å²) >= 11 is 0. The molecule has 5 heteroatoms. The Morgan fingerprint density at radius 2 is 1.40 bits per heavy atom. The Labute approximate surface area is 88.4 Å². The van der Waals surface area contributed by atoms with Crippen LogP contribution in [0.15, 0.2) is 0 Å². The third-order valence-electron chi connectivity index (χ3n) is 2.26. The number of ether oxygens (including phenoxy) is 2. The second-order valence-corrected chi connectivity index (χ2v) is 3.82. The van der Waals surface area contributed by atoms with Gasteiger partial charge in [0.05, 0.1) is 6.10 Å². The zero-order chi connectivity index (χ0) is 11.4. The number of esters is 2. The first kappa shape index (κ1) is 12.0. The Hall–Kier alpha value is -1.10. The third kappa shape index (κ3) is 4.29. The highest BCUT2D eigenvalue weighted by Gasteiger charge is 2.31. The van der Waals surface area contributed by atoms with Gasteiger partial charge in [-0.2, -0.15) is 0 Å². The lowest BCUT2D eigenvalue weighted by molar-refractivity contribution is -0.160. The molecular formula is C10H16O5. The fourth-order valence-corrected chi connectivity index (χ4v) is 1.85. The highest BCUT2D eigenvalue weighted by Crippen LogP contribution is 2.24. The van der Waals surface area contributed by atoms with Crippen LogP contribution in [0.4, 0.5) is 0 Å². The minimum absolute atomic E-state index is 0.351.